The molecule has 1 saturated heterocycles. The second kappa shape index (κ2) is 10.2. The summed E-state index contributed by atoms with van der Waals surface area (Å²) >= 11 is 0. The zero-order valence-corrected chi connectivity index (χ0v) is 20.7. The summed E-state index contributed by atoms with van der Waals surface area (Å²) in [5.74, 6) is -0.386. The Morgan fingerprint density at radius 2 is 1.72 bits per heavy atom. The van der Waals surface area contributed by atoms with Gasteiger partial charge in [-0.3, -0.25) is 9.58 Å². The monoisotopic (exact) mass is 492 g/mol. The van der Waals surface area contributed by atoms with Crippen LogP contribution in [-0.2, 0) is 6.54 Å². The van der Waals surface area contributed by atoms with Gasteiger partial charge in [0.2, 0.25) is 5.95 Å². The topological polar surface area (TPSA) is 75.0 Å². The van der Waals surface area contributed by atoms with Crippen molar-refractivity contribution >= 4 is 22.7 Å². The fourth-order valence-electron chi connectivity index (χ4n) is 4.51. The molecule has 1 aliphatic rings. The van der Waals surface area contributed by atoms with Crippen molar-refractivity contribution in [2.24, 2.45) is 0 Å². The Kier molecular flexibility index (Phi) is 6.88. The molecule has 4 heterocycles. The van der Waals surface area contributed by atoms with Crippen molar-refractivity contribution in [3.8, 4) is 11.3 Å². The maximum atomic E-state index is 14.8. The Balaban J connectivity index is 1.33. The van der Waals surface area contributed by atoms with E-state index >= 15 is 0 Å². The minimum absolute atomic E-state index is 0.00708. The molecule has 0 saturated carbocycles. The average Bonchev–Trinajstić information content (AvgIpc) is 3.32. The van der Waals surface area contributed by atoms with Crippen LogP contribution in [-0.4, -0.2) is 67.3 Å². The summed E-state index contributed by atoms with van der Waals surface area (Å²) in [5.41, 5.74) is 2.03. The number of rotatable bonds is 7. The van der Waals surface area contributed by atoms with E-state index in [1.54, 1.807) is 10.7 Å². The average molecular weight is 493 g/mol. The summed E-state index contributed by atoms with van der Waals surface area (Å²) in [7, 11) is 0. The molecular weight excluding hydrogens is 462 g/mol. The van der Waals surface area contributed by atoms with E-state index < -0.39 is 11.6 Å². The van der Waals surface area contributed by atoms with E-state index in [-0.39, 0.29) is 17.7 Å². The lowest BCUT2D eigenvalue weighted by atomic mass is 10.1. The van der Waals surface area contributed by atoms with Crippen LogP contribution in [0.4, 0.5) is 20.5 Å². The van der Waals surface area contributed by atoms with Gasteiger partial charge in [0.1, 0.15) is 17.3 Å². The first-order valence-electron chi connectivity index (χ1n) is 12.3. The van der Waals surface area contributed by atoms with Gasteiger partial charge in [-0.2, -0.15) is 5.10 Å². The van der Waals surface area contributed by atoms with Crippen LogP contribution in [0.15, 0.2) is 42.9 Å². The zero-order valence-electron chi connectivity index (χ0n) is 20.7. The van der Waals surface area contributed by atoms with Gasteiger partial charge in [-0.1, -0.05) is 13.0 Å². The Hall–Kier alpha value is -3.50. The Bertz CT molecular complexity index is 1340. The van der Waals surface area contributed by atoms with Crippen molar-refractivity contribution in [2.45, 2.75) is 33.4 Å². The fraction of sp³-hybridized carbons (Fsp3) is 0.385. The molecule has 10 heteroatoms. The van der Waals surface area contributed by atoms with E-state index in [0.29, 0.717) is 22.3 Å². The molecule has 36 heavy (non-hydrogen) atoms. The number of anilines is 2. The van der Waals surface area contributed by atoms with E-state index in [4.69, 9.17) is 0 Å². The van der Waals surface area contributed by atoms with Crippen LogP contribution in [0.25, 0.3) is 22.2 Å². The van der Waals surface area contributed by atoms with Crippen LogP contribution in [0.5, 0.6) is 0 Å². The lowest BCUT2D eigenvalue weighted by Gasteiger charge is -2.33. The predicted molar refractivity (Wildman–Crippen MR) is 136 cm³/mol. The van der Waals surface area contributed by atoms with E-state index in [1.165, 1.54) is 12.3 Å². The van der Waals surface area contributed by atoms with Crippen molar-refractivity contribution in [3.63, 3.8) is 0 Å². The van der Waals surface area contributed by atoms with Gasteiger partial charge in [-0.05, 0) is 44.2 Å². The third-order valence-corrected chi connectivity index (χ3v) is 6.56. The van der Waals surface area contributed by atoms with Gasteiger partial charge in [0.05, 0.1) is 23.3 Å². The Morgan fingerprint density at radius 1 is 0.944 bits per heavy atom. The Morgan fingerprint density at radius 3 is 2.42 bits per heavy atom. The molecule has 0 aliphatic carbocycles. The lowest BCUT2D eigenvalue weighted by molar-refractivity contribution is 0.132. The number of piperazine rings is 1. The van der Waals surface area contributed by atoms with Gasteiger partial charge < -0.3 is 10.2 Å². The summed E-state index contributed by atoms with van der Waals surface area (Å²) in [6.45, 7) is 12.3. The van der Waals surface area contributed by atoms with Crippen LogP contribution in [0.2, 0.25) is 0 Å². The van der Waals surface area contributed by atoms with Gasteiger partial charge >= 0.3 is 0 Å². The third-order valence-electron chi connectivity index (χ3n) is 6.56. The number of pyridine rings is 1. The number of hydrogen-bond donors (Lipinski definition) is 1. The zero-order chi connectivity index (χ0) is 25.2. The van der Waals surface area contributed by atoms with Crippen molar-refractivity contribution < 1.29 is 8.78 Å². The molecule has 1 fully saturated rings. The van der Waals surface area contributed by atoms with Gasteiger partial charge in [0.25, 0.3) is 0 Å². The third kappa shape index (κ3) is 5.05. The van der Waals surface area contributed by atoms with Crippen LogP contribution in [0.3, 0.4) is 0 Å². The molecule has 0 bridgehead atoms. The minimum Gasteiger partial charge on any atom is -0.309 e. The lowest BCUT2D eigenvalue weighted by Crippen LogP contribution is -2.45. The van der Waals surface area contributed by atoms with Crippen LogP contribution in [0.1, 0.15) is 32.4 Å². The highest BCUT2D eigenvalue weighted by molar-refractivity contribution is 5.84. The number of fused-ring (bicyclic) bond motifs is 1. The van der Waals surface area contributed by atoms with E-state index in [2.05, 4.69) is 42.1 Å². The number of nitrogens with one attached hydrogen (secondary N) is 1. The first-order chi connectivity index (χ1) is 17.4. The van der Waals surface area contributed by atoms with Crippen LogP contribution in [0, 0.1) is 11.6 Å². The van der Waals surface area contributed by atoms with E-state index in [0.717, 1.165) is 51.0 Å². The summed E-state index contributed by atoms with van der Waals surface area (Å²) < 4.78 is 31.2. The maximum absolute atomic E-state index is 14.8. The first-order valence-corrected chi connectivity index (χ1v) is 12.3. The predicted octanol–water partition coefficient (Wildman–Crippen LogP) is 4.63. The van der Waals surface area contributed by atoms with Gasteiger partial charge in [0.15, 0.2) is 5.82 Å². The van der Waals surface area contributed by atoms with E-state index in [9.17, 15) is 8.78 Å². The van der Waals surface area contributed by atoms with Gasteiger partial charge in [0, 0.05) is 50.5 Å². The number of aromatic nitrogens is 5. The Labute approximate surface area is 209 Å². The number of benzene rings is 1. The van der Waals surface area contributed by atoms with Crippen LogP contribution < -0.4 is 5.32 Å². The van der Waals surface area contributed by atoms with E-state index in [1.807, 2.05) is 32.2 Å². The van der Waals surface area contributed by atoms with Crippen molar-refractivity contribution in [3.05, 3.63) is 60.1 Å². The van der Waals surface area contributed by atoms with Gasteiger partial charge in [-0.25, -0.2) is 23.7 Å². The molecule has 3 aromatic heterocycles. The highest BCUT2D eigenvalue weighted by Crippen LogP contribution is 2.29. The van der Waals surface area contributed by atoms with Crippen molar-refractivity contribution in [1.82, 2.24) is 34.5 Å². The van der Waals surface area contributed by atoms with Crippen molar-refractivity contribution in [2.75, 3.05) is 38.0 Å². The molecule has 5 rings (SSSR count). The molecule has 0 amide bonds. The van der Waals surface area contributed by atoms with Gasteiger partial charge in [-0.15, -0.1) is 0 Å². The summed E-state index contributed by atoms with van der Waals surface area (Å²) in [4.78, 5) is 17.7. The summed E-state index contributed by atoms with van der Waals surface area (Å²) in [6, 6.07) is 6.88. The number of nitrogens with zero attached hydrogens (tertiary/aromatic N) is 7. The fourth-order valence-corrected chi connectivity index (χ4v) is 4.51. The molecule has 0 unspecified atom stereocenters. The molecule has 1 aromatic carbocycles. The summed E-state index contributed by atoms with van der Waals surface area (Å²) in [5, 5.41) is 7.68. The minimum atomic E-state index is -0.638. The molecule has 4 aromatic rings. The molecule has 0 radical (unpaired) electrons. The second-order valence-corrected chi connectivity index (χ2v) is 9.35. The highest BCUT2D eigenvalue weighted by Gasteiger charge is 2.17. The largest absolute Gasteiger partial charge is 0.309 e. The molecule has 1 aliphatic heterocycles. The molecule has 188 valence electrons. The highest BCUT2D eigenvalue weighted by atomic mass is 19.1. The normalized spacial score (nSPS) is 15.2. The number of hydrogen-bond acceptors (Lipinski definition) is 7. The molecule has 1 N–H and O–H groups in total. The SMILES string of the molecule is CCN1CCN(Cc2ccc(Nc3ncc(F)c(-c4cc(F)c5cnn(C(C)C)c5c4)n3)nc2)CC1. The number of likely N-dealkylation sites (N-methyl/N-ethyl adjacent to an activating group) is 1. The smallest absolute Gasteiger partial charge is 0.229 e. The molecular formula is C26H30F2N8. The quantitative estimate of drug-likeness (QED) is 0.403. The molecule has 0 atom stereocenters. The summed E-state index contributed by atoms with van der Waals surface area (Å²) in [6.07, 6.45) is 4.39. The van der Waals surface area contributed by atoms with Crippen molar-refractivity contribution in [1.29, 1.82) is 0 Å². The van der Waals surface area contributed by atoms with Crippen LogP contribution >= 0.6 is 0 Å². The maximum Gasteiger partial charge on any atom is 0.229 e. The molecule has 0 spiro atoms. The second-order valence-electron chi connectivity index (χ2n) is 9.35. The standard InChI is InChI=1S/C26H30F2N8/c1-4-34-7-9-35(10-8-34)16-18-5-6-24(29-13-18)32-26-30-15-22(28)25(33-26)19-11-21(27)20-14-31-36(17(2)3)23(20)12-19/h5-6,11-15,17H,4,7-10,16H2,1-3H3,(H,29,30,32,33). The number of halogens is 2. The molecule has 8 nitrogen and oxygen atoms in total. The first kappa shape index (κ1) is 24.2.